The Kier molecular flexibility index (Phi) is 6.25. The van der Waals surface area contributed by atoms with E-state index in [1.807, 2.05) is 37.3 Å². The average Bonchev–Trinajstić information content (AvgIpc) is 2.48. The second-order valence-electron chi connectivity index (χ2n) is 4.52. The van der Waals surface area contributed by atoms with E-state index in [4.69, 9.17) is 4.74 Å². The number of rotatable bonds is 7. The molecule has 1 aromatic carbocycles. The minimum Gasteiger partial charge on any atom is -0.462 e. The van der Waals surface area contributed by atoms with Crippen LogP contribution < -0.4 is 0 Å². The van der Waals surface area contributed by atoms with E-state index in [9.17, 15) is 15.0 Å². The van der Waals surface area contributed by atoms with E-state index in [0.29, 0.717) is 6.42 Å². The molecule has 4 nitrogen and oxygen atoms in total. The van der Waals surface area contributed by atoms with Gasteiger partial charge in [-0.25, -0.2) is 4.79 Å². The highest BCUT2D eigenvalue weighted by atomic mass is 16.5. The van der Waals surface area contributed by atoms with E-state index in [0.717, 1.165) is 5.56 Å². The first-order valence-electron chi connectivity index (χ1n) is 6.27. The molecule has 0 amide bonds. The Morgan fingerprint density at radius 2 is 1.89 bits per heavy atom. The average molecular weight is 264 g/mol. The lowest BCUT2D eigenvalue weighted by atomic mass is 9.88. The van der Waals surface area contributed by atoms with Crippen LogP contribution in [-0.4, -0.2) is 36.0 Å². The normalized spacial score (nSPS) is 11.7. The van der Waals surface area contributed by atoms with Crippen LogP contribution in [0.25, 0.3) is 6.08 Å². The van der Waals surface area contributed by atoms with E-state index >= 15 is 0 Å². The van der Waals surface area contributed by atoms with Crippen molar-refractivity contribution in [1.82, 2.24) is 0 Å². The fourth-order valence-electron chi connectivity index (χ4n) is 1.47. The Hall–Kier alpha value is -1.65. The van der Waals surface area contributed by atoms with Crippen molar-refractivity contribution < 1.29 is 19.7 Å². The standard InChI is InChI=1S/C15H20O4/c1-2-15(10-16,11-17)12-19-14(18)9-8-13-6-4-3-5-7-13/h3-9,16-17H,2,10-12H2,1H3/b9-8+. The molecule has 19 heavy (non-hydrogen) atoms. The molecule has 0 spiro atoms. The lowest BCUT2D eigenvalue weighted by Crippen LogP contribution is -2.35. The molecule has 4 heteroatoms. The molecule has 0 atom stereocenters. The van der Waals surface area contributed by atoms with Crippen LogP contribution in [0, 0.1) is 5.41 Å². The molecule has 0 aliphatic carbocycles. The summed E-state index contributed by atoms with van der Waals surface area (Å²) in [4.78, 5) is 11.5. The Labute approximate surface area is 113 Å². The molecule has 104 valence electrons. The maximum absolute atomic E-state index is 11.5. The fourth-order valence-corrected chi connectivity index (χ4v) is 1.47. The Morgan fingerprint density at radius 3 is 2.42 bits per heavy atom. The summed E-state index contributed by atoms with van der Waals surface area (Å²) in [5, 5.41) is 18.5. The van der Waals surface area contributed by atoms with Gasteiger partial charge in [-0.3, -0.25) is 0 Å². The highest BCUT2D eigenvalue weighted by Crippen LogP contribution is 2.20. The quantitative estimate of drug-likeness (QED) is 0.580. The Balaban J connectivity index is 2.50. The number of aliphatic hydroxyl groups excluding tert-OH is 2. The van der Waals surface area contributed by atoms with Crippen LogP contribution in [0.15, 0.2) is 36.4 Å². The number of ether oxygens (including phenoxy) is 1. The number of benzene rings is 1. The van der Waals surface area contributed by atoms with Crippen molar-refractivity contribution in [3.63, 3.8) is 0 Å². The van der Waals surface area contributed by atoms with Crippen LogP contribution >= 0.6 is 0 Å². The monoisotopic (exact) mass is 264 g/mol. The molecule has 2 N–H and O–H groups in total. The molecular weight excluding hydrogens is 244 g/mol. The molecule has 1 rings (SSSR count). The third-order valence-corrected chi connectivity index (χ3v) is 3.15. The second kappa shape index (κ2) is 7.71. The number of carbonyl (C=O) groups is 1. The van der Waals surface area contributed by atoms with Crippen LogP contribution in [-0.2, 0) is 9.53 Å². The smallest absolute Gasteiger partial charge is 0.330 e. The minimum atomic E-state index is -0.754. The Morgan fingerprint density at radius 1 is 1.26 bits per heavy atom. The molecule has 0 radical (unpaired) electrons. The van der Waals surface area contributed by atoms with Gasteiger partial charge in [-0.1, -0.05) is 37.3 Å². The summed E-state index contributed by atoms with van der Waals surface area (Å²) < 4.78 is 5.06. The molecule has 1 aromatic rings. The van der Waals surface area contributed by atoms with Crippen molar-refractivity contribution >= 4 is 12.0 Å². The van der Waals surface area contributed by atoms with Gasteiger partial charge in [0.15, 0.2) is 0 Å². The first-order chi connectivity index (χ1) is 9.15. The van der Waals surface area contributed by atoms with Gasteiger partial charge < -0.3 is 14.9 Å². The number of esters is 1. The van der Waals surface area contributed by atoms with Gasteiger partial charge in [0.2, 0.25) is 0 Å². The number of hydrogen-bond acceptors (Lipinski definition) is 4. The molecule has 0 fully saturated rings. The van der Waals surface area contributed by atoms with Gasteiger partial charge in [0.05, 0.1) is 18.6 Å². The van der Waals surface area contributed by atoms with E-state index in [2.05, 4.69) is 0 Å². The maximum Gasteiger partial charge on any atom is 0.330 e. The predicted octanol–water partition coefficient (Wildman–Crippen LogP) is 1.62. The van der Waals surface area contributed by atoms with Gasteiger partial charge in [0.1, 0.15) is 6.61 Å². The van der Waals surface area contributed by atoms with Gasteiger partial charge in [-0.05, 0) is 18.1 Å². The van der Waals surface area contributed by atoms with Crippen molar-refractivity contribution in [2.45, 2.75) is 13.3 Å². The van der Waals surface area contributed by atoms with Crippen molar-refractivity contribution in [3.8, 4) is 0 Å². The molecule has 0 bridgehead atoms. The molecule has 0 saturated heterocycles. The summed E-state index contributed by atoms with van der Waals surface area (Å²) in [6.45, 7) is 1.42. The van der Waals surface area contributed by atoms with Gasteiger partial charge in [-0.15, -0.1) is 0 Å². The zero-order valence-electron chi connectivity index (χ0n) is 11.1. The van der Waals surface area contributed by atoms with Crippen molar-refractivity contribution in [2.75, 3.05) is 19.8 Å². The first kappa shape index (κ1) is 15.4. The number of carbonyl (C=O) groups excluding carboxylic acids is 1. The predicted molar refractivity (Wildman–Crippen MR) is 73.3 cm³/mol. The molecule has 0 heterocycles. The fraction of sp³-hybridized carbons (Fsp3) is 0.400. The Bertz CT molecular complexity index is 399. The van der Waals surface area contributed by atoms with E-state index in [1.165, 1.54) is 6.08 Å². The van der Waals surface area contributed by atoms with Gasteiger partial charge in [0.25, 0.3) is 0 Å². The van der Waals surface area contributed by atoms with Crippen LogP contribution in [0.4, 0.5) is 0 Å². The lowest BCUT2D eigenvalue weighted by molar-refractivity contribution is -0.143. The van der Waals surface area contributed by atoms with E-state index in [-0.39, 0.29) is 19.8 Å². The molecule has 0 aliphatic rings. The minimum absolute atomic E-state index is 0.00840. The molecule has 0 aromatic heterocycles. The third-order valence-electron chi connectivity index (χ3n) is 3.15. The van der Waals surface area contributed by atoms with Crippen LogP contribution in [0.5, 0.6) is 0 Å². The van der Waals surface area contributed by atoms with E-state index in [1.54, 1.807) is 6.08 Å². The zero-order valence-corrected chi connectivity index (χ0v) is 11.1. The molecule has 0 aliphatic heterocycles. The number of hydrogen-bond donors (Lipinski definition) is 2. The zero-order chi connectivity index (χ0) is 14.1. The molecular formula is C15H20O4. The van der Waals surface area contributed by atoms with Crippen molar-refractivity contribution in [2.24, 2.45) is 5.41 Å². The summed E-state index contributed by atoms with van der Waals surface area (Å²) in [5.41, 5.74) is 0.154. The van der Waals surface area contributed by atoms with Gasteiger partial charge >= 0.3 is 5.97 Å². The summed E-state index contributed by atoms with van der Waals surface area (Å²) in [7, 11) is 0. The van der Waals surface area contributed by atoms with Crippen LogP contribution in [0.1, 0.15) is 18.9 Å². The SMILES string of the molecule is CCC(CO)(CO)COC(=O)/C=C/c1ccccc1. The highest BCUT2D eigenvalue weighted by molar-refractivity contribution is 5.87. The van der Waals surface area contributed by atoms with Crippen molar-refractivity contribution in [3.05, 3.63) is 42.0 Å². The largest absolute Gasteiger partial charge is 0.462 e. The van der Waals surface area contributed by atoms with Gasteiger partial charge in [0, 0.05) is 6.08 Å². The van der Waals surface area contributed by atoms with Crippen LogP contribution in [0.2, 0.25) is 0 Å². The second-order valence-corrected chi connectivity index (χ2v) is 4.52. The highest BCUT2D eigenvalue weighted by Gasteiger charge is 2.28. The summed E-state index contributed by atoms with van der Waals surface area (Å²) in [6, 6.07) is 9.41. The summed E-state index contributed by atoms with van der Waals surface area (Å²) in [6.07, 6.45) is 3.54. The summed E-state index contributed by atoms with van der Waals surface area (Å²) in [5.74, 6) is -0.483. The summed E-state index contributed by atoms with van der Waals surface area (Å²) >= 11 is 0. The number of aliphatic hydroxyl groups is 2. The first-order valence-corrected chi connectivity index (χ1v) is 6.27. The maximum atomic E-state index is 11.5. The van der Waals surface area contributed by atoms with Crippen molar-refractivity contribution in [1.29, 1.82) is 0 Å². The lowest BCUT2D eigenvalue weighted by Gasteiger charge is -2.27. The van der Waals surface area contributed by atoms with Crippen LogP contribution in [0.3, 0.4) is 0 Å². The van der Waals surface area contributed by atoms with Gasteiger partial charge in [-0.2, -0.15) is 0 Å². The van der Waals surface area contributed by atoms with E-state index < -0.39 is 11.4 Å². The third kappa shape index (κ3) is 4.85. The molecule has 0 unspecified atom stereocenters. The molecule has 0 saturated carbocycles. The topological polar surface area (TPSA) is 66.8 Å².